The molecular formula is C18H17ClN. The van der Waals surface area contributed by atoms with E-state index < -0.39 is 0 Å². The van der Waals surface area contributed by atoms with Crippen LogP contribution < -0.4 is 0 Å². The van der Waals surface area contributed by atoms with E-state index in [-0.39, 0.29) is 0 Å². The van der Waals surface area contributed by atoms with Crippen molar-refractivity contribution >= 4 is 11.6 Å². The lowest BCUT2D eigenvalue weighted by molar-refractivity contribution is 0.288. The number of benzene rings is 2. The van der Waals surface area contributed by atoms with Crippen molar-refractivity contribution in [2.75, 3.05) is 13.1 Å². The lowest BCUT2D eigenvalue weighted by Gasteiger charge is -2.24. The van der Waals surface area contributed by atoms with Gasteiger partial charge in [-0.05, 0) is 41.3 Å². The van der Waals surface area contributed by atoms with Crippen molar-refractivity contribution in [3.63, 3.8) is 0 Å². The van der Waals surface area contributed by atoms with Crippen LogP contribution in [0.4, 0.5) is 0 Å². The van der Waals surface area contributed by atoms with Crippen LogP contribution in [0.3, 0.4) is 0 Å². The molecular weight excluding hydrogens is 266 g/mol. The number of hydrogen-bond acceptors (Lipinski definition) is 1. The fraction of sp³-hybridized carbons (Fsp3) is 0.222. The fourth-order valence-electron chi connectivity index (χ4n) is 2.56. The van der Waals surface area contributed by atoms with E-state index >= 15 is 0 Å². The second-order valence-corrected chi connectivity index (χ2v) is 5.49. The zero-order valence-electron chi connectivity index (χ0n) is 11.3. The van der Waals surface area contributed by atoms with E-state index in [9.17, 15) is 0 Å². The van der Waals surface area contributed by atoms with Crippen molar-refractivity contribution in [1.82, 2.24) is 4.90 Å². The van der Waals surface area contributed by atoms with Crippen LogP contribution in [-0.2, 0) is 6.54 Å². The summed E-state index contributed by atoms with van der Waals surface area (Å²) >= 11 is 5.98. The van der Waals surface area contributed by atoms with E-state index in [1.807, 2.05) is 12.1 Å². The Hall–Kier alpha value is -1.57. The topological polar surface area (TPSA) is 3.24 Å². The van der Waals surface area contributed by atoms with Gasteiger partial charge in [0.25, 0.3) is 0 Å². The van der Waals surface area contributed by atoms with E-state index in [1.54, 1.807) is 0 Å². The van der Waals surface area contributed by atoms with Crippen molar-refractivity contribution < 1.29 is 0 Å². The monoisotopic (exact) mass is 282 g/mol. The quantitative estimate of drug-likeness (QED) is 0.797. The van der Waals surface area contributed by atoms with Gasteiger partial charge in [0.05, 0.1) is 0 Å². The molecule has 0 amide bonds. The van der Waals surface area contributed by atoms with Crippen molar-refractivity contribution in [1.29, 1.82) is 0 Å². The molecule has 2 aromatic carbocycles. The summed E-state index contributed by atoms with van der Waals surface area (Å²) in [5.41, 5.74) is 3.89. The van der Waals surface area contributed by atoms with Gasteiger partial charge in [-0.25, -0.2) is 0 Å². The van der Waals surface area contributed by atoms with Crippen LogP contribution in [0.15, 0.2) is 54.6 Å². The molecule has 0 aromatic heterocycles. The summed E-state index contributed by atoms with van der Waals surface area (Å²) in [6.45, 7) is 3.07. The molecule has 1 radical (unpaired) electrons. The third-order valence-corrected chi connectivity index (χ3v) is 3.88. The Bertz CT molecular complexity index is 601. The smallest absolute Gasteiger partial charge is 0.0406 e. The van der Waals surface area contributed by atoms with Crippen molar-refractivity contribution in [2.45, 2.75) is 13.0 Å². The highest BCUT2D eigenvalue weighted by Gasteiger charge is 2.10. The highest BCUT2D eigenvalue weighted by molar-refractivity contribution is 6.30. The zero-order valence-corrected chi connectivity index (χ0v) is 12.1. The summed E-state index contributed by atoms with van der Waals surface area (Å²) in [6.07, 6.45) is 6.44. The highest BCUT2D eigenvalue weighted by Crippen LogP contribution is 2.26. The number of halogens is 1. The Morgan fingerprint density at radius 2 is 1.85 bits per heavy atom. The molecule has 0 fully saturated rings. The molecule has 1 aliphatic rings. The van der Waals surface area contributed by atoms with Gasteiger partial charge in [0.15, 0.2) is 0 Å². The first kappa shape index (κ1) is 13.4. The molecule has 0 unspecified atom stereocenters. The lowest BCUT2D eigenvalue weighted by atomic mass is 9.99. The summed E-state index contributed by atoms with van der Waals surface area (Å²) in [7, 11) is 0. The molecule has 1 nitrogen and oxygen atoms in total. The first-order chi connectivity index (χ1) is 9.83. The molecule has 2 aromatic rings. The maximum absolute atomic E-state index is 5.98. The van der Waals surface area contributed by atoms with Gasteiger partial charge in [-0.2, -0.15) is 0 Å². The van der Waals surface area contributed by atoms with Crippen LogP contribution in [0.1, 0.15) is 12.0 Å². The molecule has 0 atom stereocenters. The molecule has 0 saturated carbocycles. The minimum Gasteiger partial charge on any atom is -0.295 e. The van der Waals surface area contributed by atoms with E-state index in [2.05, 4.69) is 53.5 Å². The van der Waals surface area contributed by atoms with Crippen LogP contribution >= 0.6 is 11.6 Å². The Morgan fingerprint density at radius 1 is 1.05 bits per heavy atom. The molecule has 1 aliphatic heterocycles. The first-order valence-electron chi connectivity index (χ1n) is 6.94. The number of hydrogen-bond donors (Lipinski definition) is 0. The predicted molar refractivity (Wildman–Crippen MR) is 84.6 cm³/mol. The van der Waals surface area contributed by atoms with Gasteiger partial charge < -0.3 is 0 Å². The van der Waals surface area contributed by atoms with E-state index in [1.165, 1.54) is 16.7 Å². The number of rotatable bonds is 3. The number of nitrogens with zero attached hydrogens (tertiary/aromatic N) is 1. The zero-order chi connectivity index (χ0) is 13.8. The van der Waals surface area contributed by atoms with Gasteiger partial charge in [-0.3, -0.25) is 4.90 Å². The second-order valence-electron chi connectivity index (χ2n) is 5.06. The SMILES string of the molecule is Clc1ccc(-c2ccccc2CN2CC=[C]CC2)cc1. The minimum absolute atomic E-state index is 0.780. The van der Waals surface area contributed by atoms with E-state index in [0.717, 1.165) is 31.1 Å². The Kier molecular flexibility index (Phi) is 4.19. The summed E-state index contributed by atoms with van der Waals surface area (Å²) in [4.78, 5) is 2.45. The van der Waals surface area contributed by atoms with Gasteiger partial charge in [0.1, 0.15) is 0 Å². The molecule has 0 spiro atoms. The molecule has 0 saturated heterocycles. The van der Waals surface area contributed by atoms with Crippen LogP contribution in [0, 0.1) is 6.08 Å². The summed E-state index contributed by atoms with van der Waals surface area (Å²) in [5, 5.41) is 0.780. The molecule has 101 valence electrons. The first-order valence-corrected chi connectivity index (χ1v) is 7.32. The second kappa shape index (κ2) is 6.25. The van der Waals surface area contributed by atoms with Gasteiger partial charge >= 0.3 is 0 Å². The molecule has 20 heavy (non-hydrogen) atoms. The third-order valence-electron chi connectivity index (χ3n) is 3.63. The fourth-order valence-corrected chi connectivity index (χ4v) is 2.69. The Morgan fingerprint density at radius 3 is 2.60 bits per heavy atom. The average molecular weight is 283 g/mol. The molecule has 2 heteroatoms. The maximum Gasteiger partial charge on any atom is 0.0406 e. The predicted octanol–water partition coefficient (Wildman–Crippen LogP) is 4.57. The van der Waals surface area contributed by atoms with Crippen molar-refractivity contribution in [2.24, 2.45) is 0 Å². The van der Waals surface area contributed by atoms with Crippen LogP contribution in [0.25, 0.3) is 11.1 Å². The van der Waals surface area contributed by atoms with Gasteiger partial charge in [-0.15, -0.1) is 0 Å². The minimum atomic E-state index is 0.780. The van der Waals surface area contributed by atoms with Gasteiger partial charge in [0, 0.05) is 24.7 Å². The van der Waals surface area contributed by atoms with Crippen LogP contribution in [0.2, 0.25) is 5.02 Å². The maximum atomic E-state index is 5.98. The van der Waals surface area contributed by atoms with E-state index in [0.29, 0.717) is 0 Å². The standard InChI is InChI=1S/C18H17ClN/c19-17-10-8-15(9-11-17)18-7-3-2-6-16(18)14-20-12-4-1-5-13-20/h2-4,6-11H,5,12-14H2. The normalized spacial score (nSPS) is 15.4. The largest absolute Gasteiger partial charge is 0.295 e. The van der Waals surface area contributed by atoms with Crippen LogP contribution in [-0.4, -0.2) is 18.0 Å². The van der Waals surface area contributed by atoms with Crippen LogP contribution in [0.5, 0.6) is 0 Å². The summed E-state index contributed by atoms with van der Waals surface area (Å²) in [5.74, 6) is 0. The molecule has 1 heterocycles. The van der Waals surface area contributed by atoms with Gasteiger partial charge in [-0.1, -0.05) is 54.1 Å². The third kappa shape index (κ3) is 3.12. The summed E-state index contributed by atoms with van der Waals surface area (Å²) < 4.78 is 0. The lowest BCUT2D eigenvalue weighted by Crippen LogP contribution is -2.27. The van der Waals surface area contributed by atoms with Gasteiger partial charge in [0.2, 0.25) is 0 Å². The summed E-state index contributed by atoms with van der Waals surface area (Å²) in [6, 6.07) is 16.7. The Balaban J connectivity index is 1.87. The van der Waals surface area contributed by atoms with Crippen molar-refractivity contribution in [3.05, 3.63) is 71.3 Å². The average Bonchev–Trinajstić information content (AvgIpc) is 2.50. The van der Waals surface area contributed by atoms with E-state index in [4.69, 9.17) is 11.6 Å². The molecule has 0 aliphatic carbocycles. The molecule has 0 bridgehead atoms. The molecule has 0 N–H and O–H groups in total. The molecule has 3 rings (SSSR count). The Labute approximate surface area is 125 Å². The highest BCUT2D eigenvalue weighted by atomic mass is 35.5. The van der Waals surface area contributed by atoms with Crippen molar-refractivity contribution in [3.8, 4) is 11.1 Å².